The van der Waals surface area contributed by atoms with Gasteiger partial charge in [0.1, 0.15) is 18.0 Å². The average Bonchev–Trinajstić information content (AvgIpc) is 3.56. The summed E-state index contributed by atoms with van der Waals surface area (Å²) in [5, 5.41) is 5.67. The molecule has 2 fully saturated rings. The van der Waals surface area contributed by atoms with Gasteiger partial charge in [-0.3, -0.25) is 14.5 Å². The van der Waals surface area contributed by atoms with Crippen molar-refractivity contribution >= 4 is 11.8 Å². The van der Waals surface area contributed by atoms with Crippen LogP contribution < -0.4 is 15.4 Å². The molecule has 0 aromatic heterocycles. The highest BCUT2D eigenvalue weighted by Crippen LogP contribution is 2.34. The first-order chi connectivity index (χ1) is 16.4. The molecule has 2 aromatic rings. The number of nitrogens with zero attached hydrogens (tertiary/aromatic N) is 1. The zero-order chi connectivity index (χ0) is 23.7. The van der Waals surface area contributed by atoms with Crippen molar-refractivity contribution in [1.82, 2.24) is 15.5 Å². The minimum atomic E-state index is -1.03. The third-order valence-electron chi connectivity index (χ3n) is 7.01. The lowest BCUT2D eigenvalue weighted by molar-refractivity contribution is -0.126. The van der Waals surface area contributed by atoms with Crippen molar-refractivity contribution in [2.45, 2.75) is 64.0 Å². The van der Waals surface area contributed by atoms with Crippen molar-refractivity contribution in [3.05, 3.63) is 64.7 Å². The number of ether oxygens (including phenoxy) is 1. The molecule has 2 amide bonds. The molecule has 0 radical (unpaired) electrons. The molecule has 5 rings (SSSR count). The SMILES string of the molecule is C[C@H](NC(=O)[C@@H]1CCC(=O)N1)c1ccc(CN2Cc3ccc(OCC4CC4)cc3C(F)C2)cc1. The summed E-state index contributed by atoms with van der Waals surface area (Å²) in [7, 11) is 0. The fourth-order valence-electron chi connectivity index (χ4n) is 4.73. The number of nitrogens with one attached hydrogen (secondary N) is 2. The number of amides is 2. The number of carbonyl (C=O) groups excluding carboxylic acids is 2. The van der Waals surface area contributed by atoms with Crippen LogP contribution in [0.25, 0.3) is 0 Å². The van der Waals surface area contributed by atoms with Gasteiger partial charge in [-0.25, -0.2) is 4.39 Å². The number of carbonyl (C=O) groups is 2. The molecule has 180 valence electrons. The Morgan fingerprint density at radius 3 is 2.71 bits per heavy atom. The Morgan fingerprint density at radius 2 is 2.00 bits per heavy atom. The highest BCUT2D eigenvalue weighted by Gasteiger charge is 2.29. The Balaban J connectivity index is 1.16. The van der Waals surface area contributed by atoms with Crippen LogP contribution in [0.1, 0.15) is 67.1 Å². The lowest BCUT2D eigenvalue weighted by Crippen LogP contribution is -2.42. The Hall–Kier alpha value is -2.93. The first-order valence-corrected chi connectivity index (χ1v) is 12.2. The van der Waals surface area contributed by atoms with Gasteiger partial charge in [0.2, 0.25) is 11.8 Å². The van der Waals surface area contributed by atoms with Gasteiger partial charge < -0.3 is 15.4 Å². The number of rotatable bonds is 8. The van der Waals surface area contributed by atoms with Crippen molar-refractivity contribution in [2.75, 3.05) is 13.2 Å². The van der Waals surface area contributed by atoms with Crippen molar-refractivity contribution in [2.24, 2.45) is 5.92 Å². The molecule has 1 saturated heterocycles. The summed E-state index contributed by atoms with van der Waals surface area (Å²) in [6.07, 6.45) is 2.39. The Kier molecular flexibility index (Phi) is 6.55. The van der Waals surface area contributed by atoms with E-state index in [0.29, 0.717) is 38.4 Å². The fraction of sp³-hybridized carbons (Fsp3) is 0.481. The van der Waals surface area contributed by atoms with Crippen LogP contribution in [0, 0.1) is 5.92 Å². The number of benzene rings is 2. The van der Waals surface area contributed by atoms with Gasteiger partial charge in [-0.15, -0.1) is 0 Å². The maximum atomic E-state index is 15.0. The van der Waals surface area contributed by atoms with E-state index in [1.54, 1.807) is 0 Å². The van der Waals surface area contributed by atoms with E-state index in [4.69, 9.17) is 4.74 Å². The standard InChI is InChI=1S/C27H32FN3O3/c1-17(29-27(33)25-10-11-26(32)30-25)20-6-4-18(5-7-20)13-31-14-21-8-9-22(34-16-19-2-3-19)12-23(21)24(28)15-31/h4-9,12,17,19,24-25H,2-3,10-11,13-16H2,1H3,(H,29,33)(H,30,32)/t17-,24?,25-/m0/s1. The molecule has 2 N–H and O–H groups in total. The molecule has 2 aliphatic heterocycles. The first kappa shape index (κ1) is 22.8. The largest absolute Gasteiger partial charge is 0.493 e. The number of fused-ring (bicyclic) bond motifs is 1. The van der Waals surface area contributed by atoms with Crippen LogP contribution >= 0.6 is 0 Å². The van der Waals surface area contributed by atoms with E-state index in [1.165, 1.54) is 12.8 Å². The van der Waals surface area contributed by atoms with Gasteiger partial charge in [-0.2, -0.15) is 0 Å². The van der Waals surface area contributed by atoms with Gasteiger partial charge in [0, 0.05) is 26.1 Å². The van der Waals surface area contributed by atoms with Crippen LogP contribution in [0.2, 0.25) is 0 Å². The van der Waals surface area contributed by atoms with Gasteiger partial charge in [-0.05, 0) is 66.5 Å². The molecular weight excluding hydrogens is 433 g/mol. The quantitative estimate of drug-likeness (QED) is 0.619. The Morgan fingerprint density at radius 1 is 1.21 bits per heavy atom. The summed E-state index contributed by atoms with van der Waals surface area (Å²) in [6, 6.07) is 13.3. The van der Waals surface area contributed by atoms with Crippen LogP contribution in [0.4, 0.5) is 4.39 Å². The molecule has 1 unspecified atom stereocenters. The smallest absolute Gasteiger partial charge is 0.243 e. The van der Waals surface area contributed by atoms with Crippen molar-refractivity contribution in [3.8, 4) is 5.75 Å². The normalized spacial score (nSPS) is 23.2. The lowest BCUT2D eigenvalue weighted by Gasteiger charge is -2.31. The molecule has 0 bridgehead atoms. The highest BCUT2D eigenvalue weighted by atomic mass is 19.1. The number of hydrogen-bond donors (Lipinski definition) is 2. The van der Waals surface area contributed by atoms with E-state index in [2.05, 4.69) is 15.5 Å². The second-order valence-electron chi connectivity index (χ2n) is 9.88. The molecule has 2 heterocycles. The van der Waals surface area contributed by atoms with Gasteiger partial charge >= 0.3 is 0 Å². The summed E-state index contributed by atoms with van der Waals surface area (Å²) in [5.74, 6) is 1.22. The monoisotopic (exact) mass is 465 g/mol. The second-order valence-corrected chi connectivity index (χ2v) is 9.88. The van der Waals surface area contributed by atoms with E-state index < -0.39 is 12.2 Å². The number of halogens is 1. The zero-order valence-corrected chi connectivity index (χ0v) is 19.6. The summed E-state index contributed by atoms with van der Waals surface area (Å²) in [6.45, 7) is 4.40. The van der Waals surface area contributed by atoms with Gasteiger partial charge in [0.25, 0.3) is 0 Å². The predicted molar refractivity (Wildman–Crippen MR) is 127 cm³/mol. The molecule has 7 heteroatoms. The summed E-state index contributed by atoms with van der Waals surface area (Å²) in [4.78, 5) is 25.8. The first-order valence-electron chi connectivity index (χ1n) is 12.2. The highest BCUT2D eigenvalue weighted by molar-refractivity contribution is 5.90. The number of alkyl halides is 1. The van der Waals surface area contributed by atoms with Crippen LogP contribution in [0.5, 0.6) is 5.75 Å². The Bertz CT molecular complexity index is 1050. The van der Waals surface area contributed by atoms with E-state index in [-0.39, 0.29) is 17.9 Å². The third-order valence-corrected chi connectivity index (χ3v) is 7.01. The van der Waals surface area contributed by atoms with Gasteiger partial charge in [0.15, 0.2) is 0 Å². The molecule has 1 aliphatic carbocycles. The molecule has 6 nitrogen and oxygen atoms in total. The Labute approximate surface area is 199 Å². The molecule has 2 aromatic carbocycles. The predicted octanol–water partition coefficient (Wildman–Crippen LogP) is 3.96. The summed E-state index contributed by atoms with van der Waals surface area (Å²) >= 11 is 0. The number of hydrogen-bond acceptors (Lipinski definition) is 4. The van der Waals surface area contributed by atoms with E-state index in [9.17, 15) is 9.59 Å². The van der Waals surface area contributed by atoms with Crippen LogP contribution in [0.15, 0.2) is 42.5 Å². The van der Waals surface area contributed by atoms with Crippen LogP contribution in [-0.4, -0.2) is 35.9 Å². The van der Waals surface area contributed by atoms with Crippen LogP contribution in [-0.2, 0) is 22.7 Å². The summed E-state index contributed by atoms with van der Waals surface area (Å²) in [5.41, 5.74) is 3.87. The summed E-state index contributed by atoms with van der Waals surface area (Å²) < 4.78 is 20.8. The minimum Gasteiger partial charge on any atom is -0.493 e. The van der Waals surface area contributed by atoms with Gasteiger partial charge in [-0.1, -0.05) is 30.3 Å². The van der Waals surface area contributed by atoms with Crippen LogP contribution in [0.3, 0.4) is 0 Å². The van der Waals surface area contributed by atoms with Gasteiger partial charge in [0.05, 0.1) is 12.6 Å². The van der Waals surface area contributed by atoms with Crippen molar-refractivity contribution in [1.29, 1.82) is 0 Å². The molecule has 3 atom stereocenters. The van der Waals surface area contributed by atoms with E-state index in [0.717, 1.165) is 34.6 Å². The maximum Gasteiger partial charge on any atom is 0.243 e. The lowest BCUT2D eigenvalue weighted by atomic mass is 9.97. The molecule has 3 aliphatic rings. The van der Waals surface area contributed by atoms with Crippen molar-refractivity contribution in [3.63, 3.8) is 0 Å². The molecular formula is C27H32FN3O3. The third kappa shape index (κ3) is 5.41. The minimum absolute atomic E-state index is 0.0737. The topological polar surface area (TPSA) is 70.7 Å². The molecule has 0 spiro atoms. The maximum absolute atomic E-state index is 15.0. The molecule has 1 saturated carbocycles. The van der Waals surface area contributed by atoms with Crippen molar-refractivity contribution < 1.29 is 18.7 Å². The zero-order valence-electron chi connectivity index (χ0n) is 19.6. The van der Waals surface area contributed by atoms with E-state index >= 15 is 4.39 Å². The van der Waals surface area contributed by atoms with E-state index in [1.807, 2.05) is 49.4 Å². The second kappa shape index (κ2) is 9.74. The molecule has 34 heavy (non-hydrogen) atoms. The average molecular weight is 466 g/mol. The fourth-order valence-corrected chi connectivity index (χ4v) is 4.73.